The van der Waals surface area contributed by atoms with Crippen LogP contribution in [0.15, 0.2) is 42.0 Å². The number of nitrogens with one attached hydrogen (secondary N) is 1. The Bertz CT molecular complexity index is 812. The summed E-state index contributed by atoms with van der Waals surface area (Å²) in [5.74, 6) is -0.158. The fourth-order valence-corrected chi connectivity index (χ4v) is 3.79. The second-order valence-electron chi connectivity index (χ2n) is 10.0. The van der Waals surface area contributed by atoms with E-state index < -0.39 is 0 Å². The lowest BCUT2D eigenvalue weighted by atomic mass is 9.71. The first-order valence-electron chi connectivity index (χ1n) is 12.8. The monoisotopic (exact) mass is 488 g/mol. The summed E-state index contributed by atoms with van der Waals surface area (Å²) < 4.78 is 5.01. The van der Waals surface area contributed by atoms with Gasteiger partial charge >= 0.3 is 5.97 Å². The fraction of sp³-hybridized carbons (Fsp3) is 0.621. The van der Waals surface area contributed by atoms with Crippen molar-refractivity contribution in [3.05, 3.63) is 47.5 Å². The molecule has 6 nitrogen and oxygen atoms in total. The summed E-state index contributed by atoms with van der Waals surface area (Å²) in [4.78, 5) is 39.1. The molecule has 0 bridgehead atoms. The van der Waals surface area contributed by atoms with Gasteiger partial charge in [0.05, 0.1) is 19.2 Å². The first-order valence-corrected chi connectivity index (χ1v) is 12.8. The summed E-state index contributed by atoms with van der Waals surface area (Å²) in [7, 11) is 1.68. The predicted molar refractivity (Wildman–Crippen MR) is 144 cm³/mol. The first-order chi connectivity index (χ1) is 16.3. The highest BCUT2D eigenvalue weighted by molar-refractivity contribution is 5.89. The maximum absolute atomic E-state index is 12.9. The van der Waals surface area contributed by atoms with Gasteiger partial charge in [0.2, 0.25) is 11.8 Å². The van der Waals surface area contributed by atoms with Crippen LogP contribution in [0.2, 0.25) is 0 Å². The molecule has 0 aliphatic rings. The number of rotatable bonds is 11. The van der Waals surface area contributed by atoms with E-state index in [1.54, 1.807) is 31.9 Å². The highest BCUT2D eigenvalue weighted by Crippen LogP contribution is 2.33. The quantitative estimate of drug-likeness (QED) is 0.329. The summed E-state index contributed by atoms with van der Waals surface area (Å²) >= 11 is 0. The van der Waals surface area contributed by atoms with Crippen molar-refractivity contribution in [1.82, 2.24) is 10.2 Å². The van der Waals surface area contributed by atoms with Crippen LogP contribution >= 0.6 is 0 Å². The van der Waals surface area contributed by atoms with Gasteiger partial charge in [-0.15, -0.1) is 0 Å². The minimum Gasteiger partial charge on any atom is -0.463 e. The molecule has 1 rings (SSSR count). The molecule has 35 heavy (non-hydrogen) atoms. The Labute approximate surface area is 213 Å². The summed E-state index contributed by atoms with van der Waals surface area (Å²) in [6.45, 7) is 18.2. The van der Waals surface area contributed by atoms with Crippen LogP contribution in [0.3, 0.4) is 0 Å². The van der Waals surface area contributed by atoms with E-state index >= 15 is 0 Å². The van der Waals surface area contributed by atoms with Gasteiger partial charge in [-0.3, -0.25) is 9.59 Å². The number of ether oxygens (including phenoxy) is 1. The van der Waals surface area contributed by atoms with E-state index in [1.165, 1.54) is 0 Å². The number of benzene rings is 1. The largest absolute Gasteiger partial charge is 0.463 e. The fourth-order valence-electron chi connectivity index (χ4n) is 3.79. The van der Waals surface area contributed by atoms with Gasteiger partial charge in [-0.2, -0.15) is 0 Å². The van der Waals surface area contributed by atoms with Gasteiger partial charge in [-0.25, -0.2) is 4.79 Å². The zero-order valence-electron chi connectivity index (χ0n) is 23.6. The molecule has 6 heteroatoms. The van der Waals surface area contributed by atoms with Crippen molar-refractivity contribution < 1.29 is 19.1 Å². The zero-order valence-corrected chi connectivity index (χ0v) is 23.6. The van der Waals surface area contributed by atoms with Crippen LogP contribution in [0.5, 0.6) is 0 Å². The summed E-state index contributed by atoms with van der Waals surface area (Å²) in [5.41, 5.74) is 1.19. The third kappa shape index (κ3) is 11.1. The van der Waals surface area contributed by atoms with E-state index in [-0.39, 0.29) is 41.7 Å². The summed E-state index contributed by atoms with van der Waals surface area (Å²) in [5, 5.41) is 2.82. The average molecular weight is 489 g/mol. The van der Waals surface area contributed by atoms with Gasteiger partial charge in [0.25, 0.3) is 0 Å². The molecule has 0 unspecified atom stereocenters. The molecule has 0 aliphatic carbocycles. The van der Waals surface area contributed by atoms with E-state index in [4.69, 9.17) is 4.74 Å². The number of esters is 1. The molecule has 0 radical (unpaired) electrons. The molecule has 0 saturated heterocycles. The van der Waals surface area contributed by atoms with Crippen LogP contribution in [0.1, 0.15) is 80.7 Å². The van der Waals surface area contributed by atoms with Gasteiger partial charge < -0.3 is 15.0 Å². The van der Waals surface area contributed by atoms with Gasteiger partial charge in [0.15, 0.2) is 0 Å². The van der Waals surface area contributed by atoms with Gasteiger partial charge in [-0.1, -0.05) is 84.9 Å². The maximum atomic E-state index is 12.9. The number of carbonyl (C=O) groups is 3. The lowest BCUT2D eigenvalue weighted by Gasteiger charge is -2.33. The Hall–Kier alpha value is -2.63. The second-order valence-corrected chi connectivity index (χ2v) is 10.0. The Morgan fingerprint density at radius 3 is 2.03 bits per heavy atom. The lowest BCUT2D eigenvalue weighted by molar-refractivity contribution is -0.138. The molecular weight excluding hydrogens is 440 g/mol. The van der Waals surface area contributed by atoms with Gasteiger partial charge in [0.1, 0.15) is 0 Å². The number of nitrogens with zero attached hydrogens (tertiary/aromatic N) is 1. The SMILES string of the molecule is CC(C)C.CCOC(=O)/C(C)=C/[C@H](CC)N(C)C(=O)CNC(=O)[C@@H](CC)C(C)(C)c1ccccc1. The van der Waals surface area contributed by atoms with Gasteiger partial charge in [-0.05, 0) is 38.2 Å². The van der Waals surface area contributed by atoms with Gasteiger partial charge in [0, 0.05) is 24.0 Å². The normalized spacial score (nSPS) is 13.3. The molecule has 1 aromatic carbocycles. The van der Waals surface area contributed by atoms with Crippen molar-refractivity contribution in [3.63, 3.8) is 0 Å². The van der Waals surface area contributed by atoms with E-state index in [2.05, 4.69) is 39.9 Å². The average Bonchev–Trinajstić information content (AvgIpc) is 2.80. The van der Waals surface area contributed by atoms with Crippen molar-refractivity contribution in [1.29, 1.82) is 0 Å². The molecule has 0 saturated carbocycles. The molecule has 2 atom stereocenters. The standard InChI is InChI=1S/C25H38N2O4.C4H10/c1-8-20(16-18(4)24(30)31-10-3)27(7)22(28)17-26-23(29)21(9-2)25(5,6)19-14-12-11-13-15-19;1-4(2)3/h11-16,20-21H,8-10,17H2,1-7H3,(H,26,29);4H,1-3H3/b18-16+;/t20-,21+;/m0./s1. The Morgan fingerprint density at radius 1 is 1.03 bits per heavy atom. The topological polar surface area (TPSA) is 75.7 Å². The molecule has 1 aromatic rings. The van der Waals surface area contributed by atoms with Crippen LogP contribution in [0, 0.1) is 11.8 Å². The molecule has 198 valence electrons. The number of hydrogen-bond donors (Lipinski definition) is 1. The van der Waals surface area contributed by atoms with Crippen LogP contribution in [0.25, 0.3) is 0 Å². The number of hydrogen-bond acceptors (Lipinski definition) is 4. The van der Waals surface area contributed by atoms with Crippen molar-refractivity contribution in [2.45, 2.75) is 86.6 Å². The van der Waals surface area contributed by atoms with E-state index in [1.807, 2.05) is 44.2 Å². The van der Waals surface area contributed by atoms with Crippen LogP contribution < -0.4 is 5.32 Å². The van der Waals surface area contributed by atoms with E-state index in [0.717, 1.165) is 11.5 Å². The highest BCUT2D eigenvalue weighted by Gasteiger charge is 2.35. The summed E-state index contributed by atoms with van der Waals surface area (Å²) in [6.07, 6.45) is 3.05. The Morgan fingerprint density at radius 2 is 1.57 bits per heavy atom. The second kappa shape index (κ2) is 16.1. The van der Waals surface area contributed by atoms with E-state index in [9.17, 15) is 14.4 Å². The third-order valence-electron chi connectivity index (χ3n) is 5.88. The highest BCUT2D eigenvalue weighted by atomic mass is 16.5. The lowest BCUT2D eigenvalue weighted by Crippen LogP contribution is -2.46. The molecule has 0 spiro atoms. The minimum absolute atomic E-state index is 0.0838. The van der Waals surface area contributed by atoms with Crippen LogP contribution in [0.4, 0.5) is 0 Å². The third-order valence-corrected chi connectivity index (χ3v) is 5.88. The number of likely N-dealkylation sites (N-methyl/N-ethyl adjacent to an activating group) is 1. The smallest absolute Gasteiger partial charge is 0.333 e. The van der Waals surface area contributed by atoms with Crippen molar-refractivity contribution in [2.75, 3.05) is 20.2 Å². The molecular formula is C29H48N2O4. The van der Waals surface area contributed by atoms with Crippen molar-refractivity contribution in [3.8, 4) is 0 Å². The predicted octanol–water partition coefficient (Wildman–Crippen LogP) is 5.52. The molecule has 0 fully saturated rings. The molecule has 0 aliphatic heterocycles. The number of amides is 2. The molecule has 2 amide bonds. The van der Waals surface area contributed by atoms with E-state index in [0.29, 0.717) is 25.0 Å². The molecule has 1 N–H and O–H groups in total. The van der Waals surface area contributed by atoms with Crippen LogP contribution in [-0.4, -0.2) is 48.9 Å². The Balaban J connectivity index is 0.00000267. The zero-order chi connectivity index (χ0) is 27.2. The van der Waals surface area contributed by atoms with Crippen molar-refractivity contribution >= 4 is 17.8 Å². The first kappa shape index (κ1) is 32.4. The van der Waals surface area contributed by atoms with Crippen LogP contribution in [-0.2, 0) is 24.5 Å². The van der Waals surface area contributed by atoms with Crippen molar-refractivity contribution in [2.24, 2.45) is 11.8 Å². The Kier molecular flexibility index (Phi) is 14.9. The number of carbonyl (C=O) groups excluding carboxylic acids is 3. The maximum Gasteiger partial charge on any atom is 0.333 e. The minimum atomic E-state index is -0.385. The molecule has 0 heterocycles. The summed E-state index contributed by atoms with van der Waals surface area (Å²) in [6, 6.07) is 9.69. The molecule has 0 aromatic heterocycles.